The lowest BCUT2D eigenvalue weighted by Crippen LogP contribution is -2.29. The summed E-state index contributed by atoms with van der Waals surface area (Å²) in [5.41, 5.74) is 3.63. The molecule has 0 aliphatic carbocycles. The first-order valence-corrected chi connectivity index (χ1v) is 9.45. The number of hydrogen-bond acceptors (Lipinski definition) is 4. The molecule has 29 heavy (non-hydrogen) atoms. The number of aromatic nitrogens is 1. The van der Waals surface area contributed by atoms with Crippen LogP contribution >= 0.6 is 0 Å². The minimum Gasteiger partial charge on any atom is -0.450 e. The van der Waals surface area contributed by atoms with Crippen molar-refractivity contribution in [3.05, 3.63) is 111 Å². The van der Waals surface area contributed by atoms with Gasteiger partial charge in [0.15, 0.2) is 5.43 Å². The SMILES string of the molecule is Cc1ccc([C@@H]2c3c(oc4ccccc4c3=O)C(=O)N2Cc2ccncc2)cc1. The van der Waals surface area contributed by atoms with Crippen LogP contribution in [0.2, 0.25) is 0 Å². The van der Waals surface area contributed by atoms with Crippen LogP contribution < -0.4 is 5.43 Å². The van der Waals surface area contributed by atoms with E-state index in [9.17, 15) is 9.59 Å². The first-order chi connectivity index (χ1) is 14.1. The third-order valence-electron chi connectivity index (χ3n) is 5.37. The summed E-state index contributed by atoms with van der Waals surface area (Å²) in [6, 6.07) is 18.2. The van der Waals surface area contributed by atoms with Gasteiger partial charge in [-0.2, -0.15) is 0 Å². The topological polar surface area (TPSA) is 63.4 Å². The minimum atomic E-state index is -0.493. The van der Waals surface area contributed by atoms with E-state index in [4.69, 9.17) is 4.42 Å². The Hall–Kier alpha value is -3.73. The molecule has 1 amide bonds. The second kappa shape index (κ2) is 6.71. The van der Waals surface area contributed by atoms with Crippen molar-refractivity contribution in [2.45, 2.75) is 19.5 Å². The third kappa shape index (κ3) is 2.83. The molecule has 2 aromatic heterocycles. The number of rotatable bonds is 3. The van der Waals surface area contributed by atoms with Crippen molar-refractivity contribution in [2.75, 3.05) is 0 Å². The molecular weight excluding hydrogens is 364 g/mol. The Balaban J connectivity index is 1.73. The van der Waals surface area contributed by atoms with E-state index in [2.05, 4.69) is 4.98 Å². The van der Waals surface area contributed by atoms with Gasteiger partial charge in [0.25, 0.3) is 5.91 Å². The summed E-state index contributed by atoms with van der Waals surface area (Å²) in [7, 11) is 0. The summed E-state index contributed by atoms with van der Waals surface area (Å²) in [5.74, 6) is -0.140. The zero-order valence-corrected chi connectivity index (χ0v) is 15.8. The second-order valence-corrected chi connectivity index (χ2v) is 7.27. The monoisotopic (exact) mass is 382 g/mol. The summed E-state index contributed by atoms with van der Waals surface area (Å²) in [5, 5.41) is 0.488. The molecular formula is C24H18N2O3. The Morgan fingerprint density at radius 3 is 2.45 bits per heavy atom. The summed E-state index contributed by atoms with van der Waals surface area (Å²) in [6.07, 6.45) is 3.39. The first-order valence-electron chi connectivity index (χ1n) is 9.45. The number of fused-ring (bicyclic) bond motifs is 2. The number of benzene rings is 2. The molecule has 1 atom stereocenters. The van der Waals surface area contributed by atoms with Gasteiger partial charge in [0.1, 0.15) is 5.58 Å². The molecule has 1 aliphatic heterocycles. The van der Waals surface area contributed by atoms with Gasteiger partial charge >= 0.3 is 0 Å². The van der Waals surface area contributed by atoms with Crippen molar-refractivity contribution in [3.63, 3.8) is 0 Å². The number of carbonyl (C=O) groups is 1. The van der Waals surface area contributed by atoms with Crippen molar-refractivity contribution in [2.24, 2.45) is 0 Å². The summed E-state index contributed by atoms with van der Waals surface area (Å²) in [4.78, 5) is 32.4. The maximum absolute atomic E-state index is 13.4. The Kier molecular flexibility index (Phi) is 4.02. The van der Waals surface area contributed by atoms with E-state index in [0.717, 1.165) is 16.7 Å². The van der Waals surface area contributed by atoms with E-state index < -0.39 is 6.04 Å². The fraction of sp³-hybridized carbons (Fsp3) is 0.125. The summed E-state index contributed by atoms with van der Waals surface area (Å²) in [6.45, 7) is 2.37. The van der Waals surface area contributed by atoms with Crippen LogP contribution in [0.1, 0.15) is 38.9 Å². The fourth-order valence-corrected chi connectivity index (χ4v) is 3.91. The van der Waals surface area contributed by atoms with Gasteiger partial charge in [-0.25, -0.2) is 0 Å². The number of aryl methyl sites for hydroxylation is 1. The molecule has 4 aromatic rings. The largest absolute Gasteiger partial charge is 0.450 e. The number of carbonyl (C=O) groups excluding carboxylic acids is 1. The standard InChI is InChI=1S/C24H18N2O3/c1-15-6-8-17(9-7-15)21-20-22(27)18-4-2-3-5-19(18)29-23(20)24(28)26(21)14-16-10-12-25-13-11-16/h2-13,21H,14H2,1H3/t21-/m1/s1. The van der Waals surface area contributed by atoms with E-state index in [1.54, 1.807) is 41.6 Å². The second-order valence-electron chi connectivity index (χ2n) is 7.27. The van der Waals surface area contributed by atoms with E-state index >= 15 is 0 Å². The smallest absolute Gasteiger partial charge is 0.291 e. The van der Waals surface area contributed by atoms with E-state index in [0.29, 0.717) is 23.1 Å². The normalized spacial score (nSPS) is 15.7. The molecule has 0 saturated carbocycles. The Bertz CT molecular complexity index is 1280. The van der Waals surface area contributed by atoms with Crippen LogP contribution in [0.5, 0.6) is 0 Å². The van der Waals surface area contributed by atoms with Crippen LogP contribution in [0.3, 0.4) is 0 Å². The maximum atomic E-state index is 13.4. The van der Waals surface area contributed by atoms with E-state index in [-0.39, 0.29) is 17.1 Å². The fourth-order valence-electron chi connectivity index (χ4n) is 3.91. The first kappa shape index (κ1) is 17.4. The van der Waals surface area contributed by atoms with Crippen molar-refractivity contribution >= 4 is 16.9 Å². The molecule has 0 radical (unpaired) electrons. The molecule has 0 saturated heterocycles. The number of para-hydroxylation sites is 1. The van der Waals surface area contributed by atoms with Gasteiger partial charge in [0.2, 0.25) is 5.76 Å². The van der Waals surface area contributed by atoms with Gasteiger partial charge in [-0.05, 0) is 42.3 Å². The number of nitrogens with zero attached hydrogens (tertiary/aromatic N) is 2. The third-order valence-corrected chi connectivity index (χ3v) is 5.37. The van der Waals surface area contributed by atoms with Crippen LogP contribution in [-0.4, -0.2) is 15.8 Å². The molecule has 142 valence electrons. The van der Waals surface area contributed by atoms with Crippen LogP contribution in [0, 0.1) is 6.92 Å². The lowest BCUT2D eigenvalue weighted by molar-refractivity contribution is 0.0714. The van der Waals surface area contributed by atoms with Gasteiger partial charge in [-0.15, -0.1) is 0 Å². The lowest BCUT2D eigenvalue weighted by atomic mass is 9.97. The van der Waals surface area contributed by atoms with Crippen molar-refractivity contribution in [1.82, 2.24) is 9.88 Å². The molecule has 3 heterocycles. The highest BCUT2D eigenvalue weighted by atomic mass is 16.3. The van der Waals surface area contributed by atoms with Gasteiger partial charge in [0, 0.05) is 18.9 Å². The average Bonchev–Trinajstić information content (AvgIpc) is 3.02. The van der Waals surface area contributed by atoms with Gasteiger partial charge in [-0.3, -0.25) is 14.6 Å². The van der Waals surface area contributed by atoms with Crippen LogP contribution in [0.4, 0.5) is 0 Å². The van der Waals surface area contributed by atoms with Crippen molar-refractivity contribution in [3.8, 4) is 0 Å². The average molecular weight is 382 g/mol. The molecule has 1 aliphatic rings. The van der Waals surface area contributed by atoms with E-state index in [1.165, 1.54) is 0 Å². The van der Waals surface area contributed by atoms with E-state index in [1.807, 2.05) is 43.3 Å². The van der Waals surface area contributed by atoms with Crippen LogP contribution in [-0.2, 0) is 6.54 Å². The molecule has 2 aromatic carbocycles. The molecule has 0 N–H and O–H groups in total. The van der Waals surface area contributed by atoms with Crippen molar-refractivity contribution in [1.29, 1.82) is 0 Å². The van der Waals surface area contributed by atoms with Crippen molar-refractivity contribution < 1.29 is 9.21 Å². The zero-order chi connectivity index (χ0) is 20.0. The molecule has 0 unspecified atom stereocenters. The zero-order valence-electron chi connectivity index (χ0n) is 15.8. The predicted molar refractivity (Wildman–Crippen MR) is 110 cm³/mol. The summed E-state index contributed by atoms with van der Waals surface area (Å²) >= 11 is 0. The lowest BCUT2D eigenvalue weighted by Gasteiger charge is -2.25. The highest BCUT2D eigenvalue weighted by Gasteiger charge is 2.42. The van der Waals surface area contributed by atoms with Gasteiger partial charge in [-0.1, -0.05) is 42.0 Å². The highest BCUT2D eigenvalue weighted by molar-refractivity contribution is 5.99. The Labute approximate surface area is 167 Å². The molecule has 0 bridgehead atoms. The minimum absolute atomic E-state index is 0.133. The maximum Gasteiger partial charge on any atom is 0.291 e. The predicted octanol–water partition coefficient (Wildman–Crippen LogP) is 4.24. The van der Waals surface area contributed by atoms with Gasteiger partial charge in [0.05, 0.1) is 17.0 Å². The Morgan fingerprint density at radius 1 is 0.966 bits per heavy atom. The highest BCUT2D eigenvalue weighted by Crippen LogP contribution is 2.39. The molecule has 0 fully saturated rings. The van der Waals surface area contributed by atoms with Crippen LogP contribution in [0.25, 0.3) is 11.0 Å². The molecule has 0 spiro atoms. The molecule has 5 heteroatoms. The quantitative estimate of drug-likeness (QED) is 0.532. The Morgan fingerprint density at radius 2 is 1.69 bits per heavy atom. The van der Waals surface area contributed by atoms with Gasteiger partial charge < -0.3 is 9.32 Å². The number of hydrogen-bond donors (Lipinski definition) is 0. The molecule has 5 rings (SSSR count). The molecule has 5 nitrogen and oxygen atoms in total. The number of amides is 1. The summed E-state index contributed by atoms with van der Waals surface area (Å²) < 4.78 is 5.94. The van der Waals surface area contributed by atoms with Crippen LogP contribution in [0.15, 0.2) is 82.3 Å². The number of pyridine rings is 1.